The molecule has 1 heterocycles. The van der Waals surface area contributed by atoms with Gasteiger partial charge in [0.05, 0.1) is 18.1 Å². The van der Waals surface area contributed by atoms with Crippen LogP contribution in [-0.4, -0.2) is 58.4 Å². The van der Waals surface area contributed by atoms with Crippen molar-refractivity contribution in [3.63, 3.8) is 0 Å². The highest BCUT2D eigenvalue weighted by Crippen LogP contribution is 2.22. The van der Waals surface area contributed by atoms with E-state index in [1.165, 1.54) is 12.0 Å². The van der Waals surface area contributed by atoms with E-state index in [9.17, 15) is 14.7 Å². The van der Waals surface area contributed by atoms with Crippen molar-refractivity contribution in [3.05, 3.63) is 0 Å². The quantitative estimate of drug-likeness (QED) is 0.719. The van der Waals surface area contributed by atoms with E-state index < -0.39 is 23.7 Å². The Hall–Kier alpha value is -1.14. The van der Waals surface area contributed by atoms with Gasteiger partial charge in [0, 0.05) is 20.1 Å². The molecule has 2 N–H and O–H groups in total. The summed E-state index contributed by atoms with van der Waals surface area (Å²) in [5.41, 5.74) is -0.631. The molecule has 0 spiro atoms. The SMILES string of the molecule is COC(C)(C)CC(=O)N1CC(O)CC1C(=O)O. The Bertz CT molecular complexity index is 315. The van der Waals surface area contributed by atoms with Crippen LogP contribution in [0.3, 0.4) is 0 Å². The number of likely N-dealkylation sites (tertiary alicyclic amines) is 1. The standard InChI is InChI=1S/C11H19NO5/c1-11(2,17-3)5-9(14)12-6-7(13)4-8(12)10(15)16/h7-8,13H,4-6H2,1-3H3,(H,15,16). The third-order valence-electron chi connectivity index (χ3n) is 3.01. The summed E-state index contributed by atoms with van der Waals surface area (Å²) < 4.78 is 5.13. The Morgan fingerprint density at radius 3 is 2.53 bits per heavy atom. The first-order chi connectivity index (χ1) is 7.76. The van der Waals surface area contributed by atoms with Crippen molar-refractivity contribution in [1.29, 1.82) is 0 Å². The number of rotatable bonds is 4. The van der Waals surface area contributed by atoms with Crippen LogP contribution in [0, 0.1) is 0 Å². The summed E-state index contributed by atoms with van der Waals surface area (Å²) in [6.45, 7) is 3.59. The van der Waals surface area contributed by atoms with Gasteiger partial charge >= 0.3 is 5.97 Å². The minimum absolute atomic E-state index is 0.0790. The molecule has 0 aromatic carbocycles. The van der Waals surface area contributed by atoms with Gasteiger partial charge in [0.1, 0.15) is 6.04 Å². The lowest BCUT2D eigenvalue weighted by Crippen LogP contribution is -2.43. The molecule has 2 atom stereocenters. The monoisotopic (exact) mass is 245 g/mol. The lowest BCUT2D eigenvalue weighted by Gasteiger charge is -2.27. The third kappa shape index (κ3) is 3.41. The van der Waals surface area contributed by atoms with Crippen LogP contribution in [-0.2, 0) is 14.3 Å². The van der Waals surface area contributed by atoms with Crippen LogP contribution < -0.4 is 0 Å². The first-order valence-corrected chi connectivity index (χ1v) is 5.52. The van der Waals surface area contributed by atoms with Crippen molar-refractivity contribution in [2.75, 3.05) is 13.7 Å². The van der Waals surface area contributed by atoms with E-state index in [0.717, 1.165) is 0 Å². The lowest BCUT2D eigenvalue weighted by molar-refractivity contribution is -0.150. The molecule has 1 aliphatic rings. The van der Waals surface area contributed by atoms with E-state index in [0.29, 0.717) is 0 Å². The molecular weight excluding hydrogens is 226 g/mol. The maximum atomic E-state index is 12.0. The van der Waals surface area contributed by atoms with Gasteiger partial charge in [-0.2, -0.15) is 0 Å². The average Bonchev–Trinajstić information content (AvgIpc) is 2.60. The second kappa shape index (κ2) is 5.01. The number of carbonyl (C=O) groups is 2. The summed E-state index contributed by atoms with van der Waals surface area (Å²) in [7, 11) is 1.50. The van der Waals surface area contributed by atoms with Crippen LogP contribution in [0.4, 0.5) is 0 Å². The van der Waals surface area contributed by atoms with Gasteiger partial charge in [-0.05, 0) is 13.8 Å². The molecule has 1 amide bonds. The number of amides is 1. The molecule has 1 saturated heterocycles. The maximum Gasteiger partial charge on any atom is 0.326 e. The molecule has 2 unspecified atom stereocenters. The Balaban J connectivity index is 2.71. The number of ether oxygens (including phenoxy) is 1. The maximum absolute atomic E-state index is 12.0. The van der Waals surface area contributed by atoms with E-state index in [-0.39, 0.29) is 25.3 Å². The van der Waals surface area contributed by atoms with Gasteiger partial charge in [-0.25, -0.2) is 4.79 Å². The number of aliphatic hydroxyl groups excluding tert-OH is 1. The van der Waals surface area contributed by atoms with Crippen molar-refractivity contribution in [1.82, 2.24) is 4.90 Å². The van der Waals surface area contributed by atoms with E-state index in [1.807, 2.05) is 0 Å². The summed E-state index contributed by atoms with van der Waals surface area (Å²) in [6.07, 6.45) is -0.570. The fourth-order valence-corrected chi connectivity index (χ4v) is 1.86. The summed E-state index contributed by atoms with van der Waals surface area (Å²) in [5, 5.41) is 18.4. The van der Waals surface area contributed by atoms with Crippen molar-refractivity contribution in [2.45, 2.75) is 44.4 Å². The largest absolute Gasteiger partial charge is 0.480 e. The van der Waals surface area contributed by atoms with Crippen LogP contribution in [0.2, 0.25) is 0 Å². The number of aliphatic hydroxyl groups is 1. The fraction of sp³-hybridized carbons (Fsp3) is 0.818. The number of hydrogen-bond donors (Lipinski definition) is 2. The predicted octanol–water partition coefficient (Wildman–Crippen LogP) is -0.152. The molecule has 0 saturated carbocycles. The fourth-order valence-electron chi connectivity index (χ4n) is 1.86. The highest BCUT2D eigenvalue weighted by atomic mass is 16.5. The van der Waals surface area contributed by atoms with Crippen molar-refractivity contribution < 1.29 is 24.5 Å². The number of aliphatic carboxylic acids is 1. The number of carboxylic acid groups (broad SMARTS) is 1. The Labute approximate surface area is 100 Å². The summed E-state index contributed by atoms with van der Waals surface area (Å²) in [4.78, 5) is 24.1. The van der Waals surface area contributed by atoms with Crippen LogP contribution in [0.1, 0.15) is 26.7 Å². The molecule has 1 aliphatic heterocycles. The second-order valence-electron chi connectivity index (χ2n) is 4.93. The number of carboxylic acids is 1. The van der Waals surface area contributed by atoms with E-state index in [2.05, 4.69) is 0 Å². The van der Waals surface area contributed by atoms with Crippen LogP contribution in [0.15, 0.2) is 0 Å². The molecule has 1 fully saturated rings. The van der Waals surface area contributed by atoms with Gasteiger partial charge in [0.2, 0.25) is 5.91 Å². The molecule has 6 nitrogen and oxygen atoms in total. The molecular formula is C11H19NO5. The van der Waals surface area contributed by atoms with Crippen molar-refractivity contribution in [2.24, 2.45) is 0 Å². The Morgan fingerprint density at radius 2 is 2.06 bits per heavy atom. The highest BCUT2D eigenvalue weighted by molar-refractivity contribution is 5.85. The van der Waals surface area contributed by atoms with E-state index in [1.54, 1.807) is 13.8 Å². The number of β-amino-alcohol motifs (C(OH)–C–C–N with tert-alkyl or cyclic N) is 1. The second-order valence-corrected chi connectivity index (χ2v) is 4.93. The van der Waals surface area contributed by atoms with Crippen LogP contribution in [0.5, 0.6) is 0 Å². The Kier molecular flexibility index (Phi) is 4.11. The van der Waals surface area contributed by atoms with Gasteiger partial charge in [0.25, 0.3) is 0 Å². The third-order valence-corrected chi connectivity index (χ3v) is 3.01. The van der Waals surface area contributed by atoms with Crippen molar-refractivity contribution >= 4 is 11.9 Å². The van der Waals surface area contributed by atoms with E-state index in [4.69, 9.17) is 9.84 Å². The molecule has 0 radical (unpaired) electrons. The summed E-state index contributed by atoms with van der Waals surface area (Å²) >= 11 is 0. The zero-order valence-corrected chi connectivity index (χ0v) is 10.3. The van der Waals surface area contributed by atoms with Crippen LogP contribution in [0.25, 0.3) is 0 Å². The number of nitrogens with zero attached hydrogens (tertiary/aromatic N) is 1. The van der Waals surface area contributed by atoms with Crippen molar-refractivity contribution in [3.8, 4) is 0 Å². The minimum Gasteiger partial charge on any atom is -0.480 e. The summed E-state index contributed by atoms with van der Waals surface area (Å²) in [6, 6.07) is -0.926. The molecule has 0 aromatic rings. The van der Waals surface area contributed by atoms with E-state index >= 15 is 0 Å². The predicted molar refractivity (Wildman–Crippen MR) is 59.5 cm³/mol. The molecule has 0 aromatic heterocycles. The van der Waals surface area contributed by atoms with Crippen LogP contribution >= 0.6 is 0 Å². The molecule has 0 bridgehead atoms. The first kappa shape index (κ1) is 13.9. The lowest BCUT2D eigenvalue weighted by atomic mass is 10.0. The molecule has 1 rings (SSSR count). The highest BCUT2D eigenvalue weighted by Gasteiger charge is 2.40. The molecule has 6 heteroatoms. The minimum atomic E-state index is -1.08. The average molecular weight is 245 g/mol. The zero-order valence-electron chi connectivity index (χ0n) is 10.3. The topological polar surface area (TPSA) is 87.1 Å². The Morgan fingerprint density at radius 1 is 1.47 bits per heavy atom. The molecule has 0 aliphatic carbocycles. The number of hydrogen-bond acceptors (Lipinski definition) is 4. The van der Waals surface area contributed by atoms with Gasteiger partial charge < -0.3 is 19.8 Å². The number of methoxy groups -OCH3 is 1. The number of carbonyl (C=O) groups excluding carboxylic acids is 1. The van der Waals surface area contributed by atoms with Gasteiger partial charge in [-0.15, -0.1) is 0 Å². The summed E-state index contributed by atoms with van der Waals surface area (Å²) in [5.74, 6) is -1.38. The molecule has 17 heavy (non-hydrogen) atoms. The normalized spacial score (nSPS) is 25.1. The zero-order chi connectivity index (χ0) is 13.2. The molecule has 98 valence electrons. The van der Waals surface area contributed by atoms with Gasteiger partial charge in [-0.1, -0.05) is 0 Å². The smallest absolute Gasteiger partial charge is 0.326 e. The van der Waals surface area contributed by atoms with Gasteiger partial charge in [-0.3, -0.25) is 4.79 Å². The first-order valence-electron chi connectivity index (χ1n) is 5.52. The van der Waals surface area contributed by atoms with Gasteiger partial charge in [0.15, 0.2) is 0 Å².